The summed E-state index contributed by atoms with van der Waals surface area (Å²) < 4.78 is 37.1. The van der Waals surface area contributed by atoms with Gasteiger partial charge in [-0.1, -0.05) is 0 Å². The fourth-order valence-corrected chi connectivity index (χ4v) is 1.54. The van der Waals surface area contributed by atoms with Crippen LogP contribution >= 0.6 is 22.6 Å². The van der Waals surface area contributed by atoms with Crippen LogP contribution in [0.1, 0.15) is 17.7 Å². The van der Waals surface area contributed by atoms with Crippen molar-refractivity contribution < 1.29 is 13.2 Å². The van der Waals surface area contributed by atoms with Crippen LogP contribution in [0, 0.1) is 20.8 Å². The van der Waals surface area contributed by atoms with Crippen LogP contribution in [0.15, 0.2) is 6.07 Å². The van der Waals surface area contributed by atoms with Crippen molar-refractivity contribution in [3.05, 3.63) is 26.8 Å². The monoisotopic (exact) mass is 298 g/mol. The average Bonchev–Trinajstić information content (AvgIpc) is 2.01. The predicted octanol–water partition coefficient (Wildman–Crippen LogP) is 2.63. The lowest BCUT2D eigenvalue weighted by Gasteiger charge is -2.03. The second kappa shape index (κ2) is 3.91. The van der Waals surface area contributed by atoms with E-state index in [1.807, 2.05) is 0 Å². The first kappa shape index (κ1) is 10.2. The maximum absolute atomic E-state index is 12.5. The number of pyridine rings is 1. The molecule has 0 N–H and O–H groups in total. The number of alkyl halides is 2. The van der Waals surface area contributed by atoms with Gasteiger partial charge in [-0.25, -0.2) is 13.8 Å². The highest BCUT2D eigenvalue weighted by Gasteiger charge is 2.19. The number of nitriles is 1. The van der Waals surface area contributed by atoms with Crippen LogP contribution in [0.2, 0.25) is 0 Å². The Morgan fingerprint density at radius 3 is 2.62 bits per heavy atom. The minimum atomic E-state index is -2.81. The standard InChI is InChI=1S/C7H2F3IN2/c8-5-1-3(11)6(7(9)10)4(2-12)13-5/h1,7H. The Hall–Kier alpha value is -0.840. The van der Waals surface area contributed by atoms with E-state index in [0.29, 0.717) is 0 Å². The minimum absolute atomic E-state index is 0.0108. The summed E-state index contributed by atoms with van der Waals surface area (Å²) in [6, 6.07) is 2.29. The van der Waals surface area contributed by atoms with Crippen molar-refractivity contribution in [3.8, 4) is 6.07 Å². The quantitative estimate of drug-likeness (QED) is 0.590. The summed E-state index contributed by atoms with van der Waals surface area (Å²) in [5, 5.41) is 8.40. The highest BCUT2D eigenvalue weighted by Crippen LogP contribution is 2.26. The van der Waals surface area contributed by atoms with Crippen molar-refractivity contribution >= 4 is 22.6 Å². The topological polar surface area (TPSA) is 36.7 Å². The molecule has 0 aliphatic rings. The Labute approximate surface area is 85.5 Å². The fraction of sp³-hybridized carbons (Fsp3) is 0.143. The summed E-state index contributed by atoms with van der Waals surface area (Å²) in [5.41, 5.74) is -1.07. The average molecular weight is 298 g/mol. The molecule has 68 valence electrons. The van der Waals surface area contributed by atoms with Crippen molar-refractivity contribution in [3.63, 3.8) is 0 Å². The first-order valence-electron chi connectivity index (χ1n) is 3.10. The van der Waals surface area contributed by atoms with Crippen molar-refractivity contribution in [2.24, 2.45) is 0 Å². The zero-order chi connectivity index (χ0) is 10.0. The van der Waals surface area contributed by atoms with Crippen LogP contribution in [0.4, 0.5) is 13.2 Å². The van der Waals surface area contributed by atoms with Crippen LogP contribution < -0.4 is 0 Å². The SMILES string of the molecule is N#Cc1nc(F)cc(I)c1C(F)F. The van der Waals surface area contributed by atoms with Gasteiger partial charge in [0.25, 0.3) is 6.43 Å². The lowest BCUT2D eigenvalue weighted by atomic mass is 10.2. The van der Waals surface area contributed by atoms with Gasteiger partial charge in [0.2, 0.25) is 5.95 Å². The van der Waals surface area contributed by atoms with Crippen molar-refractivity contribution in [1.82, 2.24) is 4.98 Å². The van der Waals surface area contributed by atoms with E-state index in [1.54, 1.807) is 0 Å². The minimum Gasteiger partial charge on any atom is -0.208 e. The van der Waals surface area contributed by atoms with E-state index < -0.39 is 23.6 Å². The van der Waals surface area contributed by atoms with Crippen LogP contribution in [-0.4, -0.2) is 4.98 Å². The molecule has 0 aliphatic carbocycles. The maximum atomic E-state index is 12.5. The van der Waals surface area contributed by atoms with E-state index in [4.69, 9.17) is 5.26 Å². The lowest BCUT2D eigenvalue weighted by molar-refractivity contribution is 0.149. The van der Waals surface area contributed by atoms with E-state index >= 15 is 0 Å². The zero-order valence-corrected chi connectivity index (χ0v) is 8.22. The Morgan fingerprint density at radius 2 is 2.15 bits per heavy atom. The molecule has 0 bridgehead atoms. The summed E-state index contributed by atoms with van der Waals surface area (Å²) >= 11 is 1.54. The molecule has 0 fully saturated rings. The Balaban J connectivity index is 3.41. The molecule has 1 rings (SSSR count). The summed E-state index contributed by atoms with van der Waals surface area (Å²) in [5.74, 6) is -0.926. The van der Waals surface area contributed by atoms with E-state index in [-0.39, 0.29) is 3.57 Å². The van der Waals surface area contributed by atoms with E-state index in [1.165, 1.54) is 28.7 Å². The van der Waals surface area contributed by atoms with Gasteiger partial charge >= 0.3 is 0 Å². The number of aromatic nitrogens is 1. The summed E-state index contributed by atoms with van der Waals surface area (Å²) in [6.45, 7) is 0. The molecule has 0 spiro atoms. The predicted molar refractivity (Wildman–Crippen MR) is 46.6 cm³/mol. The molecule has 0 amide bonds. The number of hydrogen-bond acceptors (Lipinski definition) is 2. The highest BCUT2D eigenvalue weighted by molar-refractivity contribution is 14.1. The van der Waals surface area contributed by atoms with Crippen LogP contribution in [0.3, 0.4) is 0 Å². The number of hydrogen-bond donors (Lipinski definition) is 0. The van der Waals surface area contributed by atoms with Gasteiger partial charge in [-0.3, -0.25) is 0 Å². The highest BCUT2D eigenvalue weighted by atomic mass is 127. The van der Waals surface area contributed by atoms with Crippen molar-refractivity contribution in [1.29, 1.82) is 5.26 Å². The first-order valence-corrected chi connectivity index (χ1v) is 4.18. The number of halogens is 4. The fourth-order valence-electron chi connectivity index (χ4n) is 0.788. The van der Waals surface area contributed by atoms with Gasteiger partial charge in [-0.15, -0.1) is 0 Å². The molecule has 0 saturated heterocycles. The van der Waals surface area contributed by atoms with E-state index in [2.05, 4.69) is 4.98 Å². The molecule has 0 aliphatic heterocycles. The summed E-state index contributed by atoms with van der Waals surface area (Å²) in [6.07, 6.45) is -2.81. The molecule has 1 aromatic heterocycles. The van der Waals surface area contributed by atoms with Crippen molar-refractivity contribution in [2.45, 2.75) is 6.43 Å². The Morgan fingerprint density at radius 1 is 1.54 bits per heavy atom. The van der Waals surface area contributed by atoms with Gasteiger partial charge in [0.15, 0.2) is 5.69 Å². The summed E-state index contributed by atoms with van der Waals surface area (Å²) in [7, 11) is 0. The molecule has 0 aromatic carbocycles. The van der Waals surface area contributed by atoms with Crippen LogP contribution in [0.5, 0.6) is 0 Å². The number of rotatable bonds is 1. The summed E-state index contributed by atoms with van der Waals surface area (Å²) in [4.78, 5) is 3.06. The Bertz CT molecular complexity index is 373. The first-order chi connectivity index (χ1) is 6.06. The maximum Gasteiger partial charge on any atom is 0.267 e. The second-order valence-electron chi connectivity index (χ2n) is 2.10. The van der Waals surface area contributed by atoms with Gasteiger partial charge in [0, 0.05) is 9.64 Å². The molecule has 0 radical (unpaired) electrons. The molecule has 0 unspecified atom stereocenters. The molecular weight excluding hydrogens is 296 g/mol. The third kappa shape index (κ3) is 2.09. The van der Waals surface area contributed by atoms with Gasteiger partial charge in [0.05, 0.1) is 5.56 Å². The molecule has 0 saturated carbocycles. The van der Waals surface area contributed by atoms with Gasteiger partial charge in [-0.05, 0) is 22.6 Å². The lowest BCUT2D eigenvalue weighted by Crippen LogP contribution is -2.00. The van der Waals surface area contributed by atoms with Crippen LogP contribution in [-0.2, 0) is 0 Å². The third-order valence-corrected chi connectivity index (χ3v) is 2.19. The van der Waals surface area contributed by atoms with Gasteiger partial charge < -0.3 is 0 Å². The Kier molecular flexibility index (Phi) is 3.08. The van der Waals surface area contributed by atoms with Gasteiger partial charge in [-0.2, -0.15) is 9.65 Å². The smallest absolute Gasteiger partial charge is 0.208 e. The van der Waals surface area contributed by atoms with Crippen LogP contribution in [0.25, 0.3) is 0 Å². The third-order valence-electron chi connectivity index (χ3n) is 1.30. The van der Waals surface area contributed by atoms with Crippen molar-refractivity contribution in [2.75, 3.05) is 0 Å². The molecule has 13 heavy (non-hydrogen) atoms. The van der Waals surface area contributed by atoms with E-state index in [0.717, 1.165) is 6.07 Å². The molecule has 1 heterocycles. The zero-order valence-electron chi connectivity index (χ0n) is 6.06. The molecular formula is C7H2F3IN2. The normalized spacial score (nSPS) is 10.2. The van der Waals surface area contributed by atoms with E-state index in [9.17, 15) is 13.2 Å². The second-order valence-corrected chi connectivity index (χ2v) is 3.26. The van der Waals surface area contributed by atoms with Gasteiger partial charge in [0.1, 0.15) is 6.07 Å². The number of nitrogens with zero attached hydrogens (tertiary/aromatic N) is 2. The molecule has 6 heteroatoms. The largest absolute Gasteiger partial charge is 0.267 e. The molecule has 1 aromatic rings. The molecule has 0 atom stereocenters. The molecule has 2 nitrogen and oxygen atoms in total.